The second-order valence-corrected chi connectivity index (χ2v) is 5.95. The number of halogens is 3. The molecule has 0 saturated heterocycles. The Balaban J connectivity index is 1.89. The van der Waals surface area contributed by atoms with Gasteiger partial charge in [0.25, 0.3) is 0 Å². The number of allylic oxidation sites excluding steroid dienone is 1. The number of fused-ring (bicyclic) bond motifs is 1. The van der Waals surface area contributed by atoms with E-state index in [1.54, 1.807) is 36.4 Å². The first-order valence-corrected chi connectivity index (χ1v) is 7.53. The zero-order valence-electron chi connectivity index (χ0n) is 11.1. The standard InChI is InChI=1S/C17H9Cl3O2/c18-12-4-1-10(2-5-12)3-6-15(21)16-8-11-7-13(19)9-14(20)17(11)22-16/h1-9H/b6-3+. The highest BCUT2D eigenvalue weighted by Crippen LogP contribution is 2.30. The van der Waals surface area contributed by atoms with Gasteiger partial charge in [0.05, 0.1) is 5.02 Å². The summed E-state index contributed by atoms with van der Waals surface area (Å²) in [6.45, 7) is 0. The van der Waals surface area contributed by atoms with Gasteiger partial charge in [-0.3, -0.25) is 4.79 Å². The van der Waals surface area contributed by atoms with Crippen LogP contribution in [0, 0.1) is 0 Å². The Morgan fingerprint density at radius 2 is 1.68 bits per heavy atom. The van der Waals surface area contributed by atoms with Gasteiger partial charge in [0, 0.05) is 15.4 Å². The maximum atomic E-state index is 12.2. The Labute approximate surface area is 141 Å². The predicted molar refractivity (Wildman–Crippen MR) is 91.1 cm³/mol. The zero-order chi connectivity index (χ0) is 15.7. The number of hydrogen-bond donors (Lipinski definition) is 0. The van der Waals surface area contributed by atoms with E-state index in [0.717, 1.165) is 5.56 Å². The number of carbonyl (C=O) groups excluding carboxylic acids is 1. The summed E-state index contributed by atoms with van der Waals surface area (Å²) in [5.74, 6) is -0.0391. The van der Waals surface area contributed by atoms with E-state index in [9.17, 15) is 4.79 Å². The minimum atomic E-state index is -0.252. The molecule has 22 heavy (non-hydrogen) atoms. The smallest absolute Gasteiger partial charge is 0.221 e. The number of furan rings is 1. The molecule has 0 aliphatic carbocycles. The molecule has 2 aromatic carbocycles. The highest BCUT2D eigenvalue weighted by molar-refractivity contribution is 6.38. The quantitative estimate of drug-likeness (QED) is 0.410. The number of rotatable bonds is 3. The summed E-state index contributed by atoms with van der Waals surface area (Å²) in [6.07, 6.45) is 3.14. The molecule has 0 radical (unpaired) electrons. The first kappa shape index (κ1) is 15.2. The van der Waals surface area contributed by atoms with Crippen molar-refractivity contribution in [2.45, 2.75) is 0 Å². The molecule has 0 bridgehead atoms. The number of benzene rings is 2. The van der Waals surface area contributed by atoms with Gasteiger partial charge >= 0.3 is 0 Å². The van der Waals surface area contributed by atoms with E-state index < -0.39 is 0 Å². The molecular formula is C17H9Cl3O2. The summed E-state index contributed by atoms with van der Waals surface area (Å²) in [6, 6.07) is 12.1. The van der Waals surface area contributed by atoms with E-state index in [0.29, 0.717) is 26.0 Å². The molecule has 0 saturated carbocycles. The van der Waals surface area contributed by atoms with Crippen molar-refractivity contribution in [1.29, 1.82) is 0 Å². The van der Waals surface area contributed by atoms with Crippen molar-refractivity contribution in [3.63, 3.8) is 0 Å². The highest BCUT2D eigenvalue weighted by atomic mass is 35.5. The average molecular weight is 352 g/mol. The Morgan fingerprint density at radius 1 is 0.955 bits per heavy atom. The van der Waals surface area contributed by atoms with Crippen LogP contribution in [0.3, 0.4) is 0 Å². The third kappa shape index (κ3) is 3.20. The Morgan fingerprint density at radius 3 is 2.41 bits per heavy atom. The van der Waals surface area contributed by atoms with E-state index in [2.05, 4.69) is 0 Å². The van der Waals surface area contributed by atoms with Crippen LogP contribution in [0.25, 0.3) is 17.0 Å². The van der Waals surface area contributed by atoms with Gasteiger partial charge in [0.2, 0.25) is 5.78 Å². The lowest BCUT2D eigenvalue weighted by Crippen LogP contribution is -1.90. The van der Waals surface area contributed by atoms with Gasteiger partial charge in [0.15, 0.2) is 11.3 Å². The average Bonchev–Trinajstić information content (AvgIpc) is 2.90. The largest absolute Gasteiger partial charge is 0.451 e. The molecular weight excluding hydrogens is 343 g/mol. The molecule has 0 aliphatic rings. The van der Waals surface area contributed by atoms with Crippen LogP contribution in [0.15, 0.2) is 53.0 Å². The minimum Gasteiger partial charge on any atom is -0.451 e. The summed E-state index contributed by atoms with van der Waals surface area (Å²) in [4.78, 5) is 12.2. The van der Waals surface area contributed by atoms with Crippen molar-refractivity contribution in [2.24, 2.45) is 0 Å². The van der Waals surface area contributed by atoms with E-state index >= 15 is 0 Å². The first-order valence-electron chi connectivity index (χ1n) is 6.39. The number of carbonyl (C=O) groups is 1. The fourth-order valence-electron chi connectivity index (χ4n) is 2.03. The molecule has 110 valence electrons. The van der Waals surface area contributed by atoms with Gasteiger partial charge in [-0.25, -0.2) is 0 Å². The maximum Gasteiger partial charge on any atom is 0.221 e. The molecule has 2 nitrogen and oxygen atoms in total. The van der Waals surface area contributed by atoms with Crippen molar-refractivity contribution in [3.05, 3.63) is 74.9 Å². The van der Waals surface area contributed by atoms with E-state index in [1.807, 2.05) is 12.1 Å². The molecule has 0 N–H and O–H groups in total. The van der Waals surface area contributed by atoms with Crippen LogP contribution >= 0.6 is 34.8 Å². The Kier molecular flexibility index (Phi) is 4.25. The monoisotopic (exact) mass is 350 g/mol. The van der Waals surface area contributed by atoms with E-state index in [1.165, 1.54) is 6.08 Å². The molecule has 0 unspecified atom stereocenters. The van der Waals surface area contributed by atoms with Crippen LogP contribution in [0.4, 0.5) is 0 Å². The van der Waals surface area contributed by atoms with Gasteiger partial charge in [-0.05, 0) is 42.0 Å². The summed E-state index contributed by atoms with van der Waals surface area (Å²) >= 11 is 17.8. The SMILES string of the molecule is O=C(/C=C/c1ccc(Cl)cc1)c1cc2cc(Cl)cc(Cl)c2o1. The molecule has 1 heterocycles. The number of ketones is 1. The summed E-state index contributed by atoms with van der Waals surface area (Å²) in [7, 11) is 0. The van der Waals surface area contributed by atoms with Gasteiger partial charge in [-0.1, -0.05) is 53.0 Å². The van der Waals surface area contributed by atoms with Crippen molar-refractivity contribution < 1.29 is 9.21 Å². The fourth-order valence-corrected chi connectivity index (χ4v) is 2.70. The normalized spacial score (nSPS) is 11.4. The van der Waals surface area contributed by atoms with Gasteiger partial charge in [-0.15, -0.1) is 0 Å². The third-order valence-electron chi connectivity index (χ3n) is 3.08. The third-order valence-corrected chi connectivity index (χ3v) is 3.83. The fraction of sp³-hybridized carbons (Fsp3) is 0. The van der Waals surface area contributed by atoms with Crippen LogP contribution in [0.5, 0.6) is 0 Å². The molecule has 0 spiro atoms. The lowest BCUT2D eigenvalue weighted by molar-refractivity contribution is 0.102. The lowest BCUT2D eigenvalue weighted by Gasteiger charge is -1.94. The van der Waals surface area contributed by atoms with E-state index in [-0.39, 0.29) is 11.5 Å². The molecule has 0 aliphatic heterocycles. The number of hydrogen-bond acceptors (Lipinski definition) is 2. The van der Waals surface area contributed by atoms with Crippen molar-refractivity contribution in [1.82, 2.24) is 0 Å². The zero-order valence-corrected chi connectivity index (χ0v) is 13.4. The molecule has 0 amide bonds. The van der Waals surface area contributed by atoms with Crippen LogP contribution in [-0.2, 0) is 0 Å². The topological polar surface area (TPSA) is 30.2 Å². The Hall–Kier alpha value is -1.74. The van der Waals surface area contributed by atoms with Gasteiger partial charge < -0.3 is 4.42 Å². The summed E-state index contributed by atoms with van der Waals surface area (Å²) < 4.78 is 5.51. The maximum absolute atomic E-state index is 12.2. The second kappa shape index (κ2) is 6.17. The van der Waals surface area contributed by atoms with Crippen LogP contribution in [0.2, 0.25) is 15.1 Å². The molecule has 0 atom stereocenters. The molecule has 5 heteroatoms. The van der Waals surface area contributed by atoms with Crippen molar-refractivity contribution in [2.75, 3.05) is 0 Å². The van der Waals surface area contributed by atoms with Crippen molar-refractivity contribution in [3.8, 4) is 0 Å². The van der Waals surface area contributed by atoms with Crippen LogP contribution < -0.4 is 0 Å². The van der Waals surface area contributed by atoms with Crippen LogP contribution in [-0.4, -0.2) is 5.78 Å². The summed E-state index contributed by atoms with van der Waals surface area (Å²) in [5.41, 5.74) is 1.32. The van der Waals surface area contributed by atoms with Gasteiger partial charge in [0.1, 0.15) is 0 Å². The van der Waals surface area contributed by atoms with Crippen LogP contribution in [0.1, 0.15) is 16.1 Å². The minimum absolute atomic E-state index is 0.212. The lowest BCUT2D eigenvalue weighted by atomic mass is 10.2. The first-order chi connectivity index (χ1) is 10.5. The second-order valence-electron chi connectivity index (χ2n) is 4.67. The molecule has 3 rings (SSSR count). The van der Waals surface area contributed by atoms with E-state index in [4.69, 9.17) is 39.2 Å². The van der Waals surface area contributed by atoms with Gasteiger partial charge in [-0.2, -0.15) is 0 Å². The Bertz CT molecular complexity index is 877. The molecule has 0 fully saturated rings. The molecule has 3 aromatic rings. The molecule has 1 aromatic heterocycles. The predicted octanol–water partition coefficient (Wildman–Crippen LogP) is 6.29. The highest BCUT2D eigenvalue weighted by Gasteiger charge is 2.12. The van der Waals surface area contributed by atoms with Crippen molar-refractivity contribution >= 4 is 57.6 Å². The summed E-state index contributed by atoms with van der Waals surface area (Å²) in [5, 5.41) is 2.21.